The summed E-state index contributed by atoms with van der Waals surface area (Å²) in [5.74, 6) is -0.0377. The van der Waals surface area contributed by atoms with E-state index in [0.717, 1.165) is 31.9 Å². The van der Waals surface area contributed by atoms with E-state index in [9.17, 15) is 8.42 Å². The van der Waals surface area contributed by atoms with Crippen LogP contribution >= 0.6 is 0 Å². The molecule has 0 unspecified atom stereocenters. The summed E-state index contributed by atoms with van der Waals surface area (Å²) in [5, 5.41) is 0. The van der Waals surface area contributed by atoms with Gasteiger partial charge in [0.15, 0.2) is 0 Å². The van der Waals surface area contributed by atoms with Gasteiger partial charge < -0.3 is 11.5 Å². The number of nitrogens with two attached hydrogens (primary N) is 2. The van der Waals surface area contributed by atoms with Gasteiger partial charge in [-0.25, -0.2) is 5.48 Å². The van der Waals surface area contributed by atoms with Gasteiger partial charge in [0.1, 0.15) is 0 Å². The maximum absolute atomic E-state index is 10.6. The molecule has 0 atom stereocenters. The van der Waals surface area contributed by atoms with Crippen LogP contribution < -0.4 is 16.9 Å². The quantitative estimate of drug-likeness (QED) is 0.227. The molecule has 0 amide bonds. The maximum atomic E-state index is 10.6. The number of nitrogens with zero attached hydrogens (tertiary/aromatic N) is 1. The molecule has 0 aromatic heterocycles. The summed E-state index contributed by atoms with van der Waals surface area (Å²) in [6.07, 6.45) is 4.91. The molecule has 0 radical (unpaired) electrons. The van der Waals surface area contributed by atoms with Crippen molar-refractivity contribution in [3.63, 3.8) is 0 Å². The Bertz CT molecular complexity index is 302. The van der Waals surface area contributed by atoms with Gasteiger partial charge in [0.2, 0.25) is 5.96 Å². The number of hydroxylamine groups is 1. The third kappa shape index (κ3) is 11.2. The number of hydrogen-bond acceptors (Lipinski definition) is 5. The summed E-state index contributed by atoms with van der Waals surface area (Å²) in [5.41, 5.74) is 12.7. The Labute approximate surface area is 96.3 Å². The first-order chi connectivity index (χ1) is 7.45. The number of aliphatic imine (C=N–C) groups is 1. The Morgan fingerprint density at radius 2 is 1.94 bits per heavy atom. The summed E-state index contributed by atoms with van der Waals surface area (Å²) in [7, 11) is -3.55. The van der Waals surface area contributed by atoms with Crippen molar-refractivity contribution in [2.45, 2.75) is 25.7 Å². The molecule has 8 heteroatoms. The van der Waals surface area contributed by atoms with Crippen molar-refractivity contribution in [2.75, 3.05) is 19.3 Å². The molecule has 0 saturated carbocycles. The fraction of sp³-hybridized carbons (Fsp3) is 0.875. The van der Waals surface area contributed by atoms with Crippen LogP contribution in [0.1, 0.15) is 25.7 Å². The van der Waals surface area contributed by atoms with Gasteiger partial charge in [0, 0.05) is 6.54 Å². The second kappa shape index (κ2) is 8.31. The van der Waals surface area contributed by atoms with Crippen LogP contribution in [0.25, 0.3) is 0 Å². The lowest BCUT2D eigenvalue weighted by atomic mass is 10.2. The lowest BCUT2D eigenvalue weighted by Gasteiger charge is -2.03. The normalized spacial score (nSPS) is 12.8. The molecule has 96 valence electrons. The minimum Gasteiger partial charge on any atom is -0.368 e. The van der Waals surface area contributed by atoms with Crippen molar-refractivity contribution in [1.82, 2.24) is 5.48 Å². The Morgan fingerprint density at radius 3 is 2.50 bits per heavy atom. The summed E-state index contributed by atoms with van der Waals surface area (Å²) in [6, 6.07) is 0. The smallest absolute Gasteiger partial charge is 0.285 e. The van der Waals surface area contributed by atoms with E-state index in [1.807, 2.05) is 5.48 Å². The van der Waals surface area contributed by atoms with E-state index < -0.39 is 10.1 Å². The molecule has 0 spiro atoms. The molecule has 0 rings (SSSR count). The van der Waals surface area contributed by atoms with Crippen molar-refractivity contribution >= 4 is 16.1 Å². The molecular formula is C8H20N4O3S. The summed E-state index contributed by atoms with van der Waals surface area (Å²) < 4.78 is 25.4. The highest BCUT2D eigenvalue weighted by Crippen LogP contribution is 1.98. The Hall–Kier alpha value is -0.860. The van der Waals surface area contributed by atoms with Gasteiger partial charge in [-0.15, -0.1) is 4.28 Å². The monoisotopic (exact) mass is 252 g/mol. The third-order valence-corrected chi connectivity index (χ3v) is 2.08. The van der Waals surface area contributed by atoms with E-state index in [1.165, 1.54) is 0 Å². The first-order valence-corrected chi connectivity index (χ1v) is 6.92. The van der Waals surface area contributed by atoms with Crippen LogP contribution in [0.15, 0.2) is 4.99 Å². The van der Waals surface area contributed by atoms with Crippen LogP contribution in [0.4, 0.5) is 0 Å². The molecular weight excluding hydrogens is 232 g/mol. The van der Waals surface area contributed by atoms with Gasteiger partial charge in [-0.3, -0.25) is 4.99 Å². The predicted octanol–water partition coefficient (Wildman–Crippen LogP) is -0.699. The second-order valence-corrected chi connectivity index (χ2v) is 4.93. The van der Waals surface area contributed by atoms with Crippen LogP contribution in [-0.4, -0.2) is 33.7 Å². The molecule has 0 aliphatic heterocycles. The molecule has 0 fully saturated rings. The maximum Gasteiger partial charge on any atom is 0.285 e. The molecule has 0 bridgehead atoms. The van der Waals surface area contributed by atoms with Crippen LogP contribution in [0, 0.1) is 0 Å². The minimum absolute atomic E-state index is 0.0377. The first-order valence-electron chi connectivity index (χ1n) is 5.10. The largest absolute Gasteiger partial charge is 0.368 e. The Kier molecular flexibility index (Phi) is 7.86. The second-order valence-electron chi connectivity index (χ2n) is 3.36. The lowest BCUT2D eigenvalue weighted by molar-refractivity contribution is 0.269. The third-order valence-electron chi connectivity index (χ3n) is 1.69. The molecule has 0 heterocycles. The van der Waals surface area contributed by atoms with E-state index >= 15 is 0 Å². The van der Waals surface area contributed by atoms with Gasteiger partial charge in [-0.2, -0.15) is 8.42 Å². The average molecular weight is 252 g/mol. The Morgan fingerprint density at radius 1 is 1.31 bits per heavy atom. The number of rotatable bonds is 8. The fourth-order valence-electron chi connectivity index (χ4n) is 0.960. The van der Waals surface area contributed by atoms with E-state index in [-0.39, 0.29) is 5.96 Å². The number of guanidine groups is 1. The zero-order valence-corrected chi connectivity index (χ0v) is 10.3. The van der Waals surface area contributed by atoms with Gasteiger partial charge >= 0.3 is 0 Å². The molecule has 0 aliphatic rings. The number of unbranched alkanes of at least 4 members (excludes halogenated alkanes) is 3. The predicted molar refractivity (Wildman–Crippen MR) is 63.1 cm³/mol. The van der Waals surface area contributed by atoms with E-state index in [2.05, 4.69) is 9.28 Å². The fourth-order valence-corrected chi connectivity index (χ4v) is 1.20. The first kappa shape index (κ1) is 15.1. The Balaban J connectivity index is 3.55. The summed E-state index contributed by atoms with van der Waals surface area (Å²) in [4.78, 5) is 3.89. The SMILES string of the molecule is CS(=O)(=O)ONC(N)=NCCCCCCN. The van der Waals surface area contributed by atoms with Crippen molar-refractivity contribution in [2.24, 2.45) is 16.5 Å². The van der Waals surface area contributed by atoms with Gasteiger partial charge in [0.25, 0.3) is 10.1 Å². The number of hydrogen-bond donors (Lipinski definition) is 3. The highest BCUT2D eigenvalue weighted by Gasteiger charge is 2.01. The molecule has 0 aliphatic carbocycles. The van der Waals surface area contributed by atoms with Crippen LogP contribution in [0.3, 0.4) is 0 Å². The molecule has 16 heavy (non-hydrogen) atoms. The molecule has 0 saturated heterocycles. The summed E-state index contributed by atoms with van der Waals surface area (Å²) in [6.45, 7) is 1.24. The molecule has 0 aromatic carbocycles. The van der Waals surface area contributed by atoms with Crippen molar-refractivity contribution in [3.05, 3.63) is 0 Å². The number of nitrogens with one attached hydrogen (secondary N) is 1. The standard InChI is InChI=1S/C8H20N4O3S/c1-16(13,14)15-12-8(10)11-7-5-3-2-4-6-9/h2-7,9H2,1H3,(H3,10,11,12). The minimum atomic E-state index is -3.55. The highest BCUT2D eigenvalue weighted by molar-refractivity contribution is 7.85. The van der Waals surface area contributed by atoms with Gasteiger partial charge in [-0.1, -0.05) is 12.8 Å². The van der Waals surface area contributed by atoms with E-state index in [1.54, 1.807) is 0 Å². The summed E-state index contributed by atoms with van der Waals surface area (Å²) >= 11 is 0. The van der Waals surface area contributed by atoms with Crippen molar-refractivity contribution in [1.29, 1.82) is 0 Å². The van der Waals surface area contributed by atoms with E-state index in [4.69, 9.17) is 11.5 Å². The van der Waals surface area contributed by atoms with Crippen molar-refractivity contribution < 1.29 is 12.7 Å². The van der Waals surface area contributed by atoms with Crippen LogP contribution in [0.2, 0.25) is 0 Å². The zero-order valence-electron chi connectivity index (χ0n) is 9.48. The molecule has 7 nitrogen and oxygen atoms in total. The van der Waals surface area contributed by atoms with Gasteiger partial charge in [-0.05, 0) is 19.4 Å². The zero-order chi connectivity index (χ0) is 12.4. The molecule has 0 aromatic rings. The van der Waals surface area contributed by atoms with E-state index in [0.29, 0.717) is 13.1 Å². The van der Waals surface area contributed by atoms with Crippen LogP contribution in [0.5, 0.6) is 0 Å². The van der Waals surface area contributed by atoms with Gasteiger partial charge in [0.05, 0.1) is 6.26 Å². The topological polar surface area (TPSA) is 120 Å². The lowest BCUT2D eigenvalue weighted by Crippen LogP contribution is -2.33. The van der Waals surface area contributed by atoms with Crippen molar-refractivity contribution in [3.8, 4) is 0 Å². The highest BCUT2D eigenvalue weighted by atomic mass is 32.2. The molecule has 5 N–H and O–H groups in total. The van der Waals surface area contributed by atoms with Crippen LogP contribution in [-0.2, 0) is 14.4 Å². The average Bonchev–Trinajstić information content (AvgIpc) is 2.19.